The molecule has 0 aliphatic rings. The monoisotopic (exact) mass is 592 g/mol. The lowest BCUT2D eigenvalue weighted by molar-refractivity contribution is -0.0714. The Labute approximate surface area is 205 Å². The predicted molar refractivity (Wildman–Crippen MR) is 129 cm³/mol. The maximum absolute atomic E-state index is 11.5. The third kappa shape index (κ3) is 16.1. The molecule has 2 unspecified atom stereocenters. The van der Waals surface area contributed by atoms with Crippen LogP contribution in [0.25, 0.3) is 0 Å². The summed E-state index contributed by atoms with van der Waals surface area (Å²) in [7, 11) is -18.5. The highest BCUT2D eigenvalue weighted by atomic mass is 31.2. The third-order valence-corrected chi connectivity index (χ3v) is 8.48. The Balaban J connectivity index is 5.50. The highest BCUT2D eigenvalue weighted by molar-refractivity contribution is 7.53. The molecule has 2 atom stereocenters. The van der Waals surface area contributed by atoms with Crippen molar-refractivity contribution in [1.82, 2.24) is 9.80 Å². The number of rotatable bonds is 16. The van der Waals surface area contributed by atoms with Gasteiger partial charge < -0.3 is 43.9 Å². The summed E-state index contributed by atoms with van der Waals surface area (Å²) in [6, 6.07) is -0.714. The molecule has 0 saturated heterocycles. The highest BCUT2D eigenvalue weighted by Crippen LogP contribution is 2.45. The molecule has 0 aromatic rings. The molecule has 15 nitrogen and oxygen atoms in total. The molecule has 0 heterocycles. The van der Waals surface area contributed by atoms with Gasteiger partial charge in [-0.3, -0.25) is 28.1 Å². The maximum atomic E-state index is 11.5. The summed E-state index contributed by atoms with van der Waals surface area (Å²) in [5.74, 6) is -0.503. The van der Waals surface area contributed by atoms with Gasteiger partial charge in [0.1, 0.15) is 25.1 Å². The van der Waals surface area contributed by atoms with Gasteiger partial charge in [0.25, 0.3) is 0 Å². The van der Waals surface area contributed by atoms with Crippen LogP contribution in [0.5, 0.6) is 0 Å². The topological polar surface area (TPSA) is 246 Å². The van der Waals surface area contributed by atoms with Crippen molar-refractivity contribution in [3.05, 3.63) is 0 Å². The zero-order valence-corrected chi connectivity index (χ0v) is 24.3. The van der Waals surface area contributed by atoms with Gasteiger partial charge in [0, 0.05) is 11.6 Å². The molecule has 0 fully saturated rings. The van der Waals surface area contributed by atoms with E-state index in [-0.39, 0.29) is 13.0 Å². The summed E-state index contributed by atoms with van der Waals surface area (Å²) in [5.41, 5.74) is -2.10. The van der Waals surface area contributed by atoms with Crippen molar-refractivity contribution in [1.29, 1.82) is 0 Å². The molecule has 0 radical (unpaired) electrons. The van der Waals surface area contributed by atoms with Gasteiger partial charge in [-0.25, -0.2) is 0 Å². The molecule has 35 heavy (non-hydrogen) atoms. The maximum Gasteiger partial charge on any atom is 0.339 e. The quantitative estimate of drug-likeness (QED) is 0.117. The lowest BCUT2D eigenvalue weighted by Gasteiger charge is -2.44. The van der Waals surface area contributed by atoms with E-state index in [1.807, 2.05) is 0 Å². The Morgan fingerprint density at radius 2 is 1.03 bits per heavy atom. The van der Waals surface area contributed by atoms with Crippen LogP contribution < -0.4 is 0 Å². The molecule has 0 spiro atoms. The van der Waals surface area contributed by atoms with Crippen molar-refractivity contribution in [2.45, 2.75) is 65.1 Å². The number of hydrogen-bond acceptors (Lipinski definition) is 7. The molecule has 0 saturated carbocycles. The molecule has 0 aliphatic carbocycles. The lowest BCUT2D eigenvalue weighted by atomic mass is 9.88. The standard InChI is InChI=1S/C16H40N2O13P4/c1-13(16(5,6)18(11-34(25,26)27)12-35(28,29)30)8-31-15(3,4)7-14(2)17(9-32(19,20)21)10-33(22,23)24/h13-14H,7-12H2,1-6H3,(H2,19,20,21)(H2,22,23,24)(H2,25,26,27)(H2,28,29,30). The molecule has 0 rings (SSSR count). The summed E-state index contributed by atoms with van der Waals surface area (Å²) in [6.07, 6.45) is -3.38. The first-order chi connectivity index (χ1) is 15.1. The van der Waals surface area contributed by atoms with Gasteiger partial charge in [0.15, 0.2) is 0 Å². The minimum Gasteiger partial charge on any atom is -0.375 e. The van der Waals surface area contributed by atoms with Crippen LogP contribution in [0.15, 0.2) is 0 Å². The second kappa shape index (κ2) is 12.6. The van der Waals surface area contributed by atoms with E-state index in [4.69, 9.17) is 4.74 Å². The van der Waals surface area contributed by atoms with Gasteiger partial charge in [0.2, 0.25) is 0 Å². The van der Waals surface area contributed by atoms with E-state index in [0.717, 1.165) is 9.80 Å². The minimum absolute atomic E-state index is 0.0253. The Morgan fingerprint density at radius 1 is 0.686 bits per heavy atom. The Kier molecular flexibility index (Phi) is 12.7. The first kappa shape index (κ1) is 35.5. The van der Waals surface area contributed by atoms with Crippen molar-refractivity contribution >= 4 is 30.4 Å². The van der Waals surface area contributed by atoms with Gasteiger partial charge in [0.05, 0.1) is 12.2 Å². The Hall–Kier alpha value is 0.480. The van der Waals surface area contributed by atoms with Crippen LogP contribution in [-0.2, 0) is 23.0 Å². The Bertz CT molecular complexity index is 827. The number of nitrogens with zero attached hydrogens (tertiary/aromatic N) is 2. The van der Waals surface area contributed by atoms with E-state index in [1.165, 1.54) is 6.92 Å². The molecule has 0 aliphatic heterocycles. The van der Waals surface area contributed by atoms with Crippen LogP contribution in [0.1, 0.15) is 48.0 Å². The fourth-order valence-corrected chi connectivity index (χ4v) is 7.25. The van der Waals surface area contributed by atoms with Crippen LogP contribution in [0, 0.1) is 5.92 Å². The van der Waals surface area contributed by atoms with Crippen LogP contribution in [0.4, 0.5) is 0 Å². The average molecular weight is 592 g/mol. The second-order valence-electron chi connectivity index (χ2n) is 10.0. The van der Waals surface area contributed by atoms with Crippen molar-refractivity contribution in [3.63, 3.8) is 0 Å². The molecular weight excluding hydrogens is 552 g/mol. The van der Waals surface area contributed by atoms with Gasteiger partial charge in [-0.05, 0) is 47.0 Å². The SMILES string of the molecule is CC(CC(C)(C)OCC(C)C(C)(C)N(CP(=O)(O)O)CP(=O)(O)O)N(CP(=O)(O)O)CP(=O)(O)O. The van der Waals surface area contributed by atoms with Crippen molar-refractivity contribution in [2.75, 3.05) is 31.8 Å². The van der Waals surface area contributed by atoms with Crippen LogP contribution in [0.3, 0.4) is 0 Å². The zero-order chi connectivity index (χ0) is 28.3. The van der Waals surface area contributed by atoms with Crippen LogP contribution >= 0.6 is 30.4 Å². The fraction of sp³-hybridized carbons (Fsp3) is 1.00. The molecule has 0 bridgehead atoms. The summed E-state index contributed by atoms with van der Waals surface area (Å²) >= 11 is 0. The van der Waals surface area contributed by atoms with Gasteiger partial charge in [-0.15, -0.1) is 0 Å². The molecule has 0 amide bonds. The van der Waals surface area contributed by atoms with Crippen LogP contribution in [0.2, 0.25) is 0 Å². The van der Waals surface area contributed by atoms with Crippen molar-refractivity contribution in [2.24, 2.45) is 5.92 Å². The average Bonchev–Trinajstić information content (AvgIpc) is 2.53. The van der Waals surface area contributed by atoms with E-state index >= 15 is 0 Å². The molecule has 8 N–H and O–H groups in total. The number of hydrogen-bond donors (Lipinski definition) is 8. The predicted octanol–water partition coefficient (Wildman–Crippen LogP) is 1.12. The molecule has 0 aromatic carbocycles. The molecule has 19 heteroatoms. The van der Waals surface area contributed by atoms with E-state index in [1.54, 1.807) is 34.6 Å². The van der Waals surface area contributed by atoms with Crippen LogP contribution in [-0.4, -0.2) is 97.9 Å². The Morgan fingerprint density at radius 3 is 1.34 bits per heavy atom. The summed E-state index contributed by atoms with van der Waals surface area (Å²) < 4.78 is 51.9. The van der Waals surface area contributed by atoms with E-state index in [0.29, 0.717) is 0 Å². The normalized spacial score (nSPS) is 16.7. The van der Waals surface area contributed by atoms with E-state index in [9.17, 15) is 57.4 Å². The third-order valence-electron chi connectivity index (χ3n) is 5.60. The van der Waals surface area contributed by atoms with Gasteiger partial charge in [-0.2, -0.15) is 0 Å². The number of ether oxygens (including phenoxy) is 1. The summed E-state index contributed by atoms with van der Waals surface area (Å²) in [4.78, 5) is 76.6. The van der Waals surface area contributed by atoms with Crippen molar-refractivity contribution < 1.29 is 62.1 Å². The first-order valence-electron chi connectivity index (χ1n) is 10.4. The van der Waals surface area contributed by atoms with Gasteiger partial charge in [-0.1, -0.05) is 6.92 Å². The van der Waals surface area contributed by atoms with Gasteiger partial charge >= 0.3 is 30.4 Å². The zero-order valence-electron chi connectivity index (χ0n) is 20.7. The highest BCUT2D eigenvalue weighted by Gasteiger charge is 2.40. The second-order valence-corrected chi connectivity index (χ2v) is 16.5. The summed E-state index contributed by atoms with van der Waals surface area (Å²) in [5, 5.41) is 0. The smallest absolute Gasteiger partial charge is 0.339 e. The van der Waals surface area contributed by atoms with E-state index < -0.39 is 78.6 Å². The molecule has 212 valence electrons. The first-order valence-corrected chi connectivity index (χ1v) is 17.6. The molecule has 0 aromatic heterocycles. The van der Waals surface area contributed by atoms with E-state index in [2.05, 4.69) is 0 Å². The summed E-state index contributed by atoms with van der Waals surface area (Å²) in [6.45, 7) is 9.60. The minimum atomic E-state index is -4.65. The largest absolute Gasteiger partial charge is 0.375 e. The fourth-order valence-electron chi connectivity index (χ4n) is 3.42. The lowest BCUT2D eigenvalue weighted by Crippen LogP contribution is -2.51. The van der Waals surface area contributed by atoms with Crippen molar-refractivity contribution in [3.8, 4) is 0 Å². The molecular formula is C16H40N2O13P4.